The predicted octanol–water partition coefficient (Wildman–Crippen LogP) is 2.71. The molecule has 0 aromatic heterocycles. The summed E-state index contributed by atoms with van der Waals surface area (Å²) < 4.78 is 0. The summed E-state index contributed by atoms with van der Waals surface area (Å²) in [7, 11) is 0. The highest BCUT2D eigenvalue weighted by atomic mass is 15.3. The van der Waals surface area contributed by atoms with E-state index < -0.39 is 0 Å². The van der Waals surface area contributed by atoms with Crippen molar-refractivity contribution in [2.75, 3.05) is 39.3 Å². The van der Waals surface area contributed by atoms with E-state index in [-0.39, 0.29) is 0 Å². The Morgan fingerprint density at radius 2 is 1.67 bits per heavy atom. The summed E-state index contributed by atoms with van der Waals surface area (Å²) in [5.74, 6) is 0. The van der Waals surface area contributed by atoms with Crippen LogP contribution in [0.3, 0.4) is 0 Å². The van der Waals surface area contributed by atoms with Crippen molar-refractivity contribution in [3.63, 3.8) is 0 Å². The monoisotopic (exact) mass is 293 g/mol. The summed E-state index contributed by atoms with van der Waals surface area (Å²) in [5.41, 5.74) is 0.456. The second kappa shape index (κ2) is 6.97. The molecule has 3 heteroatoms. The molecule has 0 bridgehead atoms. The molecular weight excluding hydrogens is 258 g/mol. The lowest BCUT2D eigenvalue weighted by Crippen LogP contribution is -2.53. The lowest BCUT2D eigenvalue weighted by molar-refractivity contribution is 0.0668. The van der Waals surface area contributed by atoms with Crippen LogP contribution < -0.4 is 5.32 Å². The average molecular weight is 293 g/mol. The molecule has 1 heterocycles. The second-order valence-corrected chi connectivity index (χ2v) is 8.07. The van der Waals surface area contributed by atoms with E-state index >= 15 is 0 Å². The lowest BCUT2D eigenvalue weighted by atomic mass is 9.86. The van der Waals surface area contributed by atoms with Crippen LogP contribution in [0.1, 0.15) is 58.8 Å². The quantitative estimate of drug-likeness (QED) is 0.778. The molecule has 3 rings (SSSR count). The first-order valence-electron chi connectivity index (χ1n) is 9.38. The summed E-state index contributed by atoms with van der Waals surface area (Å²) in [6.45, 7) is 12.5. The van der Waals surface area contributed by atoms with Crippen molar-refractivity contribution in [2.45, 2.75) is 70.9 Å². The molecule has 2 saturated carbocycles. The zero-order chi connectivity index (χ0) is 14.7. The zero-order valence-corrected chi connectivity index (χ0v) is 14.2. The zero-order valence-electron chi connectivity index (χ0n) is 14.2. The number of nitrogens with zero attached hydrogens (tertiary/aromatic N) is 2. The summed E-state index contributed by atoms with van der Waals surface area (Å²) in [5, 5.41) is 3.75. The van der Waals surface area contributed by atoms with Gasteiger partial charge in [-0.2, -0.15) is 0 Å². The van der Waals surface area contributed by atoms with E-state index in [1.165, 1.54) is 84.2 Å². The van der Waals surface area contributed by atoms with Crippen LogP contribution in [0.15, 0.2) is 0 Å². The van der Waals surface area contributed by atoms with E-state index in [1.807, 2.05) is 0 Å². The van der Waals surface area contributed by atoms with E-state index in [9.17, 15) is 0 Å². The molecule has 1 saturated heterocycles. The van der Waals surface area contributed by atoms with Gasteiger partial charge >= 0.3 is 0 Å². The fourth-order valence-corrected chi connectivity index (χ4v) is 4.07. The van der Waals surface area contributed by atoms with Crippen LogP contribution in [0.2, 0.25) is 0 Å². The molecular formula is C18H35N3. The van der Waals surface area contributed by atoms with Gasteiger partial charge in [-0.15, -0.1) is 0 Å². The van der Waals surface area contributed by atoms with Gasteiger partial charge in [-0.05, 0) is 37.5 Å². The Bertz CT molecular complexity index is 314. The topological polar surface area (TPSA) is 18.5 Å². The Kier molecular flexibility index (Phi) is 5.23. The molecule has 3 aliphatic rings. The van der Waals surface area contributed by atoms with Crippen LogP contribution in [0.5, 0.6) is 0 Å². The first kappa shape index (κ1) is 15.8. The van der Waals surface area contributed by atoms with Gasteiger partial charge in [0.15, 0.2) is 0 Å². The number of hydrogen-bond acceptors (Lipinski definition) is 3. The summed E-state index contributed by atoms with van der Waals surface area (Å²) in [6, 6.07) is 1.76. The van der Waals surface area contributed by atoms with Gasteiger partial charge in [0.2, 0.25) is 0 Å². The molecule has 1 unspecified atom stereocenters. The van der Waals surface area contributed by atoms with Gasteiger partial charge in [-0.1, -0.05) is 26.7 Å². The van der Waals surface area contributed by atoms with Crippen LogP contribution in [0, 0.1) is 5.41 Å². The van der Waals surface area contributed by atoms with Crippen LogP contribution in [0.4, 0.5) is 0 Å². The third-order valence-electron chi connectivity index (χ3n) is 6.10. The van der Waals surface area contributed by atoms with Crippen LogP contribution in [-0.2, 0) is 0 Å². The largest absolute Gasteiger partial charge is 0.313 e. The van der Waals surface area contributed by atoms with Gasteiger partial charge in [0.1, 0.15) is 0 Å². The molecule has 0 amide bonds. The number of piperazine rings is 1. The van der Waals surface area contributed by atoms with E-state index in [2.05, 4.69) is 29.0 Å². The first-order chi connectivity index (χ1) is 10.2. The van der Waals surface area contributed by atoms with Gasteiger partial charge < -0.3 is 10.2 Å². The highest BCUT2D eigenvalue weighted by Gasteiger charge is 2.31. The molecule has 3 fully saturated rings. The minimum absolute atomic E-state index is 0.456. The van der Waals surface area contributed by atoms with Crippen molar-refractivity contribution in [3.05, 3.63) is 0 Å². The first-order valence-corrected chi connectivity index (χ1v) is 9.38. The molecule has 1 aliphatic heterocycles. The van der Waals surface area contributed by atoms with Gasteiger partial charge in [-0.25, -0.2) is 0 Å². The Morgan fingerprint density at radius 1 is 1.00 bits per heavy atom. The molecule has 122 valence electrons. The number of rotatable bonds is 7. The highest BCUT2D eigenvalue weighted by Crippen LogP contribution is 2.27. The lowest BCUT2D eigenvalue weighted by Gasteiger charge is -2.42. The third kappa shape index (κ3) is 4.43. The Morgan fingerprint density at radius 3 is 2.24 bits per heavy atom. The minimum atomic E-state index is 0.456. The molecule has 0 radical (unpaired) electrons. The van der Waals surface area contributed by atoms with Crippen LogP contribution in [0.25, 0.3) is 0 Å². The molecule has 0 aromatic rings. The second-order valence-electron chi connectivity index (χ2n) is 8.07. The van der Waals surface area contributed by atoms with Crippen molar-refractivity contribution in [1.82, 2.24) is 15.1 Å². The SMILES string of the molecule is CCC(C)(CNC1CC1)CN1CCN(C2CCCC2)CC1. The smallest absolute Gasteiger partial charge is 0.0113 e. The molecule has 3 nitrogen and oxygen atoms in total. The maximum atomic E-state index is 3.75. The predicted molar refractivity (Wildman–Crippen MR) is 89.7 cm³/mol. The normalized spacial score (nSPS) is 28.9. The van der Waals surface area contributed by atoms with Crippen molar-refractivity contribution in [2.24, 2.45) is 5.41 Å². The van der Waals surface area contributed by atoms with Crippen LogP contribution >= 0.6 is 0 Å². The van der Waals surface area contributed by atoms with Gasteiger partial charge in [0.05, 0.1) is 0 Å². The Hall–Kier alpha value is -0.120. The maximum absolute atomic E-state index is 3.75. The van der Waals surface area contributed by atoms with Crippen molar-refractivity contribution >= 4 is 0 Å². The molecule has 21 heavy (non-hydrogen) atoms. The summed E-state index contributed by atoms with van der Waals surface area (Å²) in [4.78, 5) is 5.50. The molecule has 0 aromatic carbocycles. The number of hydrogen-bond donors (Lipinski definition) is 1. The molecule has 1 N–H and O–H groups in total. The molecule has 1 atom stereocenters. The molecule has 0 spiro atoms. The minimum Gasteiger partial charge on any atom is -0.313 e. The van der Waals surface area contributed by atoms with Crippen molar-refractivity contribution in [1.29, 1.82) is 0 Å². The van der Waals surface area contributed by atoms with E-state index in [0.717, 1.165) is 12.1 Å². The Labute approximate surface area is 131 Å². The van der Waals surface area contributed by atoms with E-state index in [4.69, 9.17) is 0 Å². The van der Waals surface area contributed by atoms with Gasteiger partial charge in [-0.3, -0.25) is 4.90 Å². The van der Waals surface area contributed by atoms with E-state index in [0.29, 0.717) is 5.41 Å². The fourth-order valence-electron chi connectivity index (χ4n) is 4.07. The maximum Gasteiger partial charge on any atom is 0.0113 e. The van der Waals surface area contributed by atoms with Gasteiger partial charge in [0.25, 0.3) is 0 Å². The summed E-state index contributed by atoms with van der Waals surface area (Å²) in [6.07, 6.45) is 9.93. The summed E-state index contributed by atoms with van der Waals surface area (Å²) >= 11 is 0. The average Bonchev–Trinajstić information content (AvgIpc) is 3.18. The van der Waals surface area contributed by atoms with Crippen LogP contribution in [-0.4, -0.2) is 61.2 Å². The third-order valence-corrected chi connectivity index (χ3v) is 6.10. The van der Waals surface area contributed by atoms with Crippen molar-refractivity contribution in [3.8, 4) is 0 Å². The molecule has 2 aliphatic carbocycles. The van der Waals surface area contributed by atoms with Gasteiger partial charge in [0, 0.05) is 51.4 Å². The number of nitrogens with one attached hydrogen (secondary N) is 1. The Balaban J connectivity index is 1.42. The highest BCUT2D eigenvalue weighted by molar-refractivity contribution is 4.88. The van der Waals surface area contributed by atoms with E-state index in [1.54, 1.807) is 0 Å². The fraction of sp³-hybridized carbons (Fsp3) is 1.00. The standard InChI is InChI=1S/C18H35N3/c1-3-18(2,14-19-16-8-9-16)15-20-10-12-21(13-11-20)17-6-4-5-7-17/h16-17,19H,3-15H2,1-2H3. The van der Waals surface area contributed by atoms with Crippen molar-refractivity contribution < 1.29 is 0 Å².